The van der Waals surface area contributed by atoms with E-state index in [1.165, 1.54) is 35.2 Å². The third-order valence-corrected chi connectivity index (χ3v) is 4.09. The minimum atomic E-state index is 1.02. The molecule has 1 N–H and O–H groups in total. The fourth-order valence-electron chi connectivity index (χ4n) is 2.45. The zero-order chi connectivity index (χ0) is 14.4. The van der Waals surface area contributed by atoms with Crippen LogP contribution in [0.15, 0.2) is 46.9 Å². The zero-order valence-corrected chi connectivity index (χ0v) is 13.8. The molecule has 106 valence electrons. The molecule has 0 saturated carbocycles. The second-order valence-electron chi connectivity index (χ2n) is 5.31. The Morgan fingerprint density at radius 1 is 1.00 bits per heavy atom. The molecule has 2 heteroatoms. The van der Waals surface area contributed by atoms with Crippen molar-refractivity contribution in [3.8, 4) is 0 Å². The molecule has 0 aliphatic rings. The van der Waals surface area contributed by atoms with Gasteiger partial charge in [0.2, 0.25) is 0 Å². The van der Waals surface area contributed by atoms with Crippen LogP contribution in [0.3, 0.4) is 0 Å². The summed E-state index contributed by atoms with van der Waals surface area (Å²) >= 11 is 3.64. The van der Waals surface area contributed by atoms with Crippen molar-refractivity contribution in [1.82, 2.24) is 0 Å². The Morgan fingerprint density at radius 2 is 1.75 bits per heavy atom. The van der Waals surface area contributed by atoms with Crippen LogP contribution in [0.25, 0.3) is 0 Å². The lowest BCUT2D eigenvalue weighted by Crippen LogP contribution is -2.04. The van der Waals surface area contributed by atoms with Gasteiger partial charge >= 0.3 is 0 Å². The minimum absolute atomic E-state index is 1.02. The number of aryl methyl sites for hydroxylation is 3. The van der Waals surface area contributed by atoms with Crippen molar-refractivity contribution in [1.29, 1.82) is 0 Å². The normalized spacial score (nSPS) is 10.6. The van der Waals surface area contributed by atoms with Gasteiger partial charge in [-0.1, -0.05) is 36.4 Å². The predicted octanol–water partition coefficient (Wildman–Crippen LogP) is 5.50. The van der Waals surface area contributed by atoms with E-state index in [1.54, 1.807) is 0 Å². The average Bonchev–Trinajstić information content (AvgIpc) is 2.42. The molecule has 0 aliphatic heterocycles. The first-order valence-electron chi connectivity index (χ1n) is 7.21. The van der Waals surface area contributed by atoms with E-state index in [9.17, 15) is 0 Å². The minimum Gasteiger partial charge on any atom is -0.384 e. The van der Waals surface area contributed by atoms with Crippen LogP contribution in [-0.2, 0) is 6.42 Å². The van der Waals surface area contributed by atoms with Gasteiger partial charge in [0.15, 0.2) is 0 Å². The molecule has 0 saturated heterocycles. The van der Waals surface area contributed by atoms with Gasteiger partial charge in [0.05, 0.1) is 5.69 Å². The van der Waals surface area contributed by atoms with E-state index in [0.717, 1.165) is 17.4 Å². The summed E-state index contributed by atoms with van der Waals surface area (Å²) in [5, 5.41) is 3.55. The van der Waals surface area contributed by atoms with Crippen molar-refractivity contribution < 1.29 is 0 Å². The summed E-state index contributed by atoms with van der Waals surface area (Å²) in [6, 6.07) is 15.1. The Balaban J connectivity index is 1.76. The highest BCUT2D eigenvalue weighted by Gasteiger charge is 2.03. The maximum Gasteiger partial charge on any atom is 0.0514 e. The van der Waals surface area contributed by atoms with Crippen LogP contribution in [0.1, 0.15) is 29.5 Å². The summed E-state index contributed by atoms with van der Waals surface area (Å²) in [6.07, 6.45) is 3.57. The molecule has 0 unspecified atom stereocenters. The van der Waals surface area contributed by atoms with Crippen LogP contribution < -0.4 is 5.32 Å². The number of benzene rings is 2. The van der Waals surface area contributed by atoms with E-state index < -0.39 is 0 Å². The molecule has 0 amide bonds. The van der Waals surface area contributed by atoms with E-state index in [0.29, 0.717) is 0 Å². The van der Waals surface area contributed by atoms with Crippen LogP contribution in [0.5, 0.6) is 0 Å². The molecule has 0 aliphatic carbocycles. The van der Waals surface area contributed by atoms with Gasteiger partial charge in [-0.2, -0.15) is 0 Å². The lowest BCUT2D eigenvalue weighted by atomic mass is 10.1. The summed E-state index contributed by atoms with van der Waals surface area (Å²) in [5.74, 6) is 0. The van der Waals surface area contributed by atoms with E-state index in [2.05, 4.69) is 77.6 Å². The monoisotopic (exact) mass is 331 g/mol. The molecule has 0 heterocycles. The number of halogens is 1. The molecule has 1 nitrogen and oxygen atoms in total. The average molecular weight is 332 g/mol. The number of hydrogen-bond donors (Lipinski definition) is 1. The molecule has 0 bridgehead atoms. The lowest BCUT2D eigenvalue weighted by molar-refractivity contribution is 0.762. The first-order valence-corrected chi connectivity index (χ1v) is 8.00. The summed E-state index contributed by atoms with van der Waals surface area (Å²) in [7, 11) is 0. The molecular formula is C18H22BrN. The van der Waals surface area contributed by atoms with E-state index in [-0.39, 0.29) is 0 Å². The number of unbranched alkanes of at least 4 members (excludes halogenated alkanes) is 1. The fourth-order valence-corrected chi connectivity index (χ4v) is 3.27. The zero-order valence-electron chi connectivity index (χ0n) is 12.2. The topological polar surface area (TPSA) is 12.0 Å². The predicted molar refractivity (Wildman–Crippen MR) is 91.5 cm³/mol. The first-order chi connectivity index (χ1) is 9.66. The van der Waals surface area contributed by atoms with E-state index in [1.807, 2.05) is 0 Å². The summed E-state index contributed by atoms with van der Waals surface area (Å²) in [6.45, 7) is 5.31. The van der Waals surface area contributed by atoms with Crippen molar-refractivity contribution >= 4 is 21.6 Å². The van der Waals surface area contributed by atoms with Crippen LogP contribution in [0.2, 0.25) is 0 Å². The number of anilines is 1. The number of nitrogens with one attached hydrogen (secondary N) is 1. The Morgan fingerprint density at radius 3 is 2.45 bits per heavy atom. The van der Waals surface area contributed by atoms with Gasteiger partial charge in [0, 0.05) is 11.0 Å². The third kappa shape index (κ3) is 4.38. The molecule has 0 radical (unpaired) electrons. The quantitative estimate of drug-likeness (QED) is 0.689. The third-order valence-electron chi connectivity index (χ3n) is 3.47. The van der Waals surface area contributed by atoms with Gasteiger partial charge in [-0.05, 0) is 71.8 Å². The molecule has 0 fully saturated rings. The molecule has 0 atom stereocenters. The molecule has 2 rings (SSSR count). The molecule has 0 spiro atoms. The van der Waals surface area contributed by atoms with Gasteiger partial charge in [0.1, 0.15) is 0 Å². The second kappa shape index (κ2) is 7.49. The lowest BCUT2D eigenvalue weighted by Gasteiger charge is -2.12. The van der Waals surface area contributed by atoms with Gasteiger partial charge in [-0.25, -0.2) is 0 Å². The highest BCUT2D eigenvalue weighted by Crippen LogP contribution is 2.27. The van der Waals surface area contributed by atoms with Gasteiger partial charge in [0.25, 0.3) is 0 Å². The summed E-state index contributed by atoms with van der Waals surface area (Å²) in [5.41, 5.74) is 5.26. The van der Waals surface area contributed by atoms with Crippen LogP contribution >= 0.6 is 15.9 Å². The SMILES string of the molecule is Cc1cc(C)c(NCCCCc2ccccc2)c(Br)c1. The maximum atomic E-state index is 3.64. The standard InChI is InChI=1S/C18H22BrN/c1-14-12-15(2)18(17(19)13-14)20-11-7-6-10-16-8-4-3-5-9-16/h3-5,8-9,12-13,20H,6-7,10-11H2,1-2H3. The Kier molecular flexibility index (Phi) is 5.66. The first kappa shape index (κ1) is 15.1. The van der Waals surface area contributed by atoms with E-state index >= 15 is 0 Å². The van der Waals surface area contributed by atoms with Crippen molar-refractivity contribution in [2.24, 2.45) is 0 Å². The van der Waals surface area contributed by atoms with Gasteiger partial charge in [-0.3, -0.25) is 0 Å². The molecule has 2 aromatic rings. The molecule has 20 heavy (non-hydrogen) atoms. The van der Waals surface area contributed by atoms with Crippen molar-refractivity contribution in [3.05, 3.63) is 63.6 Å². The van der Waals surface area contributed by atoms with Gasteiger partial charge in [-0.15, -0.1) is 0 Å². The number of hydrogen-bond acceptors (Lipinski definition) is 1. The van der Waals surface area contributed by atoms with Crippen LogP contribution in [-0.4, -0.2) is 6.54 Å². The number of rotatable bonds is 6. The highest BCUT2D eigenvalue weighted by atomic mass is 79.9. The highest BCUT2D eigenvalue weighted by molar-refractivity contribution is 9.10. The van der Waals surface area contributed by atoms with Gasteiger partial charge < -0.3 is 5.32 Å². The fraction of sp³-hybridized carbons (Fsp3) is 0.333. The summed E-state index contributed by atoms with van der Waals surface area (Å²) in [4.78, 5) is 0. The molecule has 2 aromatic carbocycles. The molecule has 0 aromatic heterocycles. The largest absolute Gasteiger partial charge is 0.384 e. The van der Waals surface area contributed by atoms with Crippen molar-refractivity contribution in [3.63, 3.8) is 0 Å². The maximum absolute atomic E-state index is 3.64. The Bertz CT molecular complexity index is 526. The van der Waals surface area contributed by atoms with Crippen LogP contribution in [0.4, 0.5) is 5.69 Å². The Hall–Kier alpha value is -1.28. The molecular weight excluding hydrogens is 310 g/mol. The smallest absolute Gasteiger partial charge is 0.0514 e. The summed E-state index contributed by atoms with van der Waals surface area (Å²) < 4.78 is 1.16. The van der Waals surface area contributed by atoms with E-state index in [4.69, 9.17) is 0 Å². The van der Waals surface area contributed by atoms with Crippen molar-refractivity contribution in [2.75, 3.05) is 11.9 Å². The van der Waals surface area contributed by atoms with Crippen LogP contribution in [0, 0.1) is 13.8 Å². The Labute approximate surface area is 130 Å². The second-order valence-corrected chi connectivity index (χ2v) is 6.16. The van der Waals surface area contributed by atoms with Crippen molar-refractivity contribution in [2.45, 2.75) is 33.1 Å².